The Bertz CT molecular complexity index is 811. The number of H-pyrrole nitrogens is 1. The molecule has 0 spiro atoms. The smallest absolute Gasteiger partial charge is 0.256 e. The highest BCUT2D eigenvalue weighted by molar-refractivity contribution is 7.84. The predicted molar refractivity (Wildman–Crippen MR) is 89.9 cm³/mol. The van der Waals surface area contributed by atoms with Crippen molar-refractivity contribution in [3.63, 3.8) is 0 Å². The van der Waals surface area contributed by atoms with Gasteiger partial charge in [-0.15, -0.1) is 0 Å². The van der Waals surface area contributed by atoms with Crippen LogP contribution < -0.4 is 10.7 Å². The van der Waals surface area contributed by atoms with Gasteiger partial charge in [0.1, 0.15) is 5.56 Å². The van der Waals surface area contributed by atoms with Crippen molar-refractivity contribution >= 4 is 27.6 Å². The molecule has 0 unspecified atom stereocenters. The van der Waals surface area contributed by atoms with E-state index in [0.717, 1.165) is 16.6 Å². The minimum atomic E-state index is -1.02. The average molecular weight is 320 g/mol. The van der Waals surface area contributed by atoms with Crippen molar-refractivity contribution < 1.29 is 9.00 Å². The van der Waals surface area contributed by atoms with Crippen LogP contribution in [0.5, 0.6) is 0 Å². The second-order valence-corrected chi connectivity index (χ2v) is 7.36. The van der Waals surface area contributed by atoms with Crippen LogP contribution in [0.1, 0.15) is 28.4 Å². The van der Waals surface area contributed by atoms with Crippen molar-refractivity contribution in [2.45, 2.75) is 26.0 Å². The van der Waals surface area contributed by atoms with Crippen LogP contribution >= 0.6 is 0 Å². The number of hydrogen-bond acceptors (Lipinski definition) is 3. The van der Waals surface area contributed by atoms with Crippen molar-refractivity contribution in [2.24, 2.45) is 0 Å². The number of aromatic amines is 1. The first-order valence-corrected chi connectivity index (χ1v) is 8.66. The van der Waals surface area contributed by atoms with Crippen molar-refractivity contribution in [3.05, 3.63) is 45.2 Å². The first kappa shape index (κ1) is 16.4. The van der Waals surface area contributed by atoms with Gasteiger partial charge in [-0.1, -0.05) is 6.07 Å². The summed E-state index contributed by atoms with van der Waals surface area (Å²) in [6.07, 6.45) is 3.03. The van der Waals surface area contributed by atoms with Gasteiger partial charge < -0.3 is 10.3 Å². The van der Waals surface area contributed by atoms with Gasteiger partial charge >= 0.3 is 0 Å². The van der Waals surface area contributed by atoms with Crippen molar-refractivity contribution in [2.75, 3.05) is 12.8 Å². The van der Waals surface area contributed by atoms with E-state index in [9.17, 15) is 13.8 Å². The van der Waals surface area contributed by atoms with E-state index in [0.29, 0.717) is 5.39 Å². The quantitative estimate of drug-likeness (QED) is 0.899. The Morgan fingerprint density at radius 3 is 2.68 bits per heavy atom. The normalized spacial score (nSPS) is 13.8. The van der Waals surface area contributed by atoms with Gasteiger partial charge in [0.15, 0.2) is 0 Å². The van der Waals surface area contributed by atoms with Crippen molar-refractivity contribution in [1.82, 2.24) is 10.3 Å². The Labute approximate surface area is 131 Å². The number of nitrogens with one attached hydrogen (secondary N) is 2. The lowest BCUT2D eigenvalue weighted by Gasteiger charge is -2.10. The summed E-state index contributed by atoms with van der Waals surface area (Å²) in [7, 11) is -1.02. The molecule has 6 heteroatoms. The number of aromatic nitrogens is 1. The fraction of sp³-hybridized carbons (Fsp3) is 0.375. The number of carbonyl (C=O) groups excluding carboxylic acids is 1. The number of benzene rings is 1. The summed E-state index contributed by atoms with van der Waals surface area (Å²) < 4.78 is 11.3. The van der Waals surface area contributed by atoms with E-state index in [-0.39, 0.29) is 22.8 Å². The molecule has 0 radical (unpaired) electrons. The molecule has 22 heavy (non-hydrogen) atoms. The minimum Gasteiger partial charge on any atom is -0.360 e. The van der Waals surface area contributed by atoms with Crippen LogP contribution in [0.2, 0.25) is 0 Å². The predicted octanol–water partition coefficient (Wildman–Crippen LogP) is 1.64. The van der Waals surface area contributed by atoms with Crippen LogP contribution in [0.3, 0.4) is 0 Å². The Morgan fingerprint density at radius 2 is 2.05 bits per heavy atom. The summed E-state index contributed by atoms with van der Waals surface area (Å²) in [5.41, 5.74) is 2.47. The molecule has 1 aromatic carbocycles. The molecule has 0 aliphatic rings. The summed E-state index contributed by atoms with van der Waals surface area (Å²) in [5.74, 6) is -0.445. The highest BCUT2D eigenvalue weighted by Gasteiger charge is 2.15. The van der Waals surface area contributed by atoms with Gasteiger partial charge in [0.2, 0.25) is 5.43 Å². The van der Waals surface area contributed by atoms with Crippen LogP contribution in [0.4, 0.5) is 0 Å². The SMILES string of the molecule is Cc1cc(C)c2[nH]cc(C(=O)NC[C@@H](C)[S@@](C)=O)c(=O)c2c1. The summed E-state index contributed by atoms with van der Waals surface area (Å²) in [6, 6.07) is 3.76. The van der Waals surface area contributed by atoms with E-state index in [4.69, 9.17) is 0 Å². The third kappa shape index (κ3) is 3.27. The molecule has 118 valence electrons. The van der Waals surface area contributed by atoms with Gasteiger partial charge in [0.05, 0.1) is 5.52 Å². The zero-order valence-electron chi connectivity index (χ0n) is 13.1. The number of rotatable bonds is 4. The first-order valence-electron chi connectivity index (χ1n) is 7.04. The third-order valence-corrected chi connectivity index (χ3v) is 4.99. The molecule has 0 saturated carbocycles. The monoisotopic (exact) mass is 320 g/mol. The van der Waals surface area contributed by atoms with Gasteiger partial charge in [0.25, 0.3) is 5.91 Å². The van der Waals surface area contributed by atoms with E-state index in [1.54, 1.807) is 19.2 Å². The Kier molecular flexibility index (Phi) is 4.81. The zero-order valence-corrected chi connectivity index (χ0v) is 14.0. The molecule has 1 heterocycles. The highest BCUT2D eigenvalue weighted by atomic mass is 32.2. The number of carbonyl (C=O) groups is 1. The maximum atomic E-state index is 12.5. The summed E-state index contributed by atoms with van der Waals surface area (Å²) in [6.45, 7) is 5.89. The number of fused-ring (bicyclic) bond motifs is 1. The standard InChI is InChI=1S/C16H20N2O3S/c1-9-5-10(2)14-12(6-9)15(19)13(8-17-14)16(20)18-7-11(3)22(4)21/h5-6,8,11H,7H2,1-4H3,(H,17,19)(H,18,20)/t11-,22-/m1/s1. The van der Waals surface area contributed by atoms with Crippen LogP contribution in [0.25, 0.3) is 10.9 Å². The van der Waals surface area contributed by atoms with Crippen molar-refractivity contribution in [3.8, 4) is 0 Å². The van der Waals surface area contributed by atoms with Crippen LogP contribution in [0, 0.1) is 13.8 Å². The largest absolute Gasteiger partial charge is 0.360 e. The molecule has 0 fully saturated rings. The number of amides is 1. The first-order chi connectivity index (χ1) is 10.3. The van der Waals surface area contributed by atoms with E-state index in [1.165, 1.54) is 6.20 Å². The molecule has 2 rings (SSSR count). The molecular weight excluding hydrogens is 300 g/mol. The van der Waals surface area contributed by atoms with Crippen LogP contribution in [-0.4, -0.2) is 33.2 Å². The Morgan fingerprint density at radius 1 is 1.36 bits per heavy atom. The van der Waals surface area contributed by atoms with Gasteiger partial charge in [-0.2, -0.15) is 0 Å². The molecular formula is C16H20N2O3S. The summed E-state index contributed by atoms with van der Waals surface area (Å²) >= 11 is 0. The summed E-state index contributed by atoms with van der Waals surface area (Å²) in [5, 5.41) is 3.01. The number of aryl methyl sites for hydroxylation is 2. The Hall–Kier alpha value is -1.95. The fourth-order valence-corrected chi connectivity index (χ4v) is 2.63. The number of pyridine rings is 1. The van der Waals surface area contributed by atoms with Gasteiger partial charge in [-0.05, 0) is 38.0 Å². The van der Waals surface area contributed by atoms with Crippen LogP contribution in [-0.2, 0) is 10.8 Å². The lowest BCUT2D eigenvalue weighted by Crippen LogP contribution is -2.35. The maximum absolute atomic E-state index is 12.5. The molecule has 5 nitrogen and oxygen atoms in total. The molecule has 1 amide bonds. The minimum absolute atomic E-state index is 0.0755. The summed E-state index contributed by atoms with van der Waals surface area (Å²) in [4.78, 5) is 27.7. The molecule has 1 aromatic heterocycles. The van der Waals surface area contributed by atoms with Crippen LogP contribution in [0.15, 0.2) is 23.1 Å². The second-order valence-electron chi connectivity index (χ2n) is 5.56. The second kappa shape index (κ2) is 6.44. The molecule has 2 atom stereocenters. The molecule has 0 bridgehead atoms. The van der Waals surface area contributed by atoms with Gasteiger partial charge in [-0.25, -0.2) is 0 Å². The molecule has 0 aliphatic heterocycles. The fourth-order valence-electron chi connectivity index (χ4n) is 2.31. The lowest BCUT2D eigenvalue weighted by molar-refractivity contribution is 0.0953. The molecule has 0 saturated heterocycles. The average Bonchev–Trinajstić information content (AvgIpc) is 2.45. The third-order valence-electron chi connectivity index (χ3n) is 3.69. The molecule has 2 aromatic rings. The van der Waals surface area contributed by atoms with E-state index in [2.05, 4.69) is 10.3 Å². The topological polar surface area (TPSA) is 79.0 Å². The van der Waals surface area contributed by atoms with Gasteiger partial charge in [0, 0.05) is 40.4 Å². The highest BCUT2D eigenvalue weighted by Crippen LogP contribution is 2.15. The van der Waals surface area contributed by atoms with Crippen molar-refractivity contribution in [1.29, 1.82) is 0 Å². The maximum Gasteiger partial charge on any atom is 0.256 e. The molecule has 2 N–H and O–H groups in total. The lowest BCUT2D eigenvalue weighted by atomic mass is 10.0. The van der Waals surface area contributed by atoms with E-state index >= 15 is 0 Å². The van der Waals surface area contributed by atoms with E-state index in [1.807, 2.05) is 19.9 Å². The van der Waals surface area contributed by atoms with E-state index < -0.39 is 16.7 Å². The zero-order chi connectivity index (χ0) is 16.4. The molecule has 0 aliphatic carbocycles. The Balaban J connectivity index is 2.36. The van der Waals surface area contributed by atoms with Gasteiger partial charge in [-0.3, -0.25) is 13.8 Å². The number of hydrogen-bond donors (Lipinski definition) is 2.